The fourth-order valence-electron chi connectivity index (χ4n) is 2.78. The van der Waals surface area contributed by atoms with Crippen molar-refractivity contribution in [3.05, 3.63) is 6.33 Å². The molecule has 0 aliphatic carbocycles. The van der Waals surface area contributed by atoms with Gasteiger partial charge in [-0.25, -0.2) is 15.0 Å². The Morgan fingerprint density at radius 1 is 1.44 bits per heavy atom. The summed E-state index contributed by atoms with van der Waals surface area (Å²) in [7, 11) is 0. The predicted octanol–water partition coefficient (Wildman–Crippen LogP) is 0.339. The van der Waals surface area contributed by atoms with Crippen LogP contribution in [0.15, 0.2) is 11.5 Å². The summed E-state index contributed by atoms with van der Waals surface area (Å²) >= 11 is 1.32. The third-order valence-electron chi connectivity index (χ3n) is 4.26. The molecule has 0 aromatic carbocycles. The molecular formula is C16H23N5O5S. The molecule has 2 unspecified atom stereocenters. The molecular weight excluding hydrogens is 374 g/mol. The number of nitrogens with two attached hydrogens (primary N) is 1. The summed E-state index contributed by atoms with van der Waals surface area (Å²) in [5.41, 5.74) is 5.89. The number of imidazole rings is 1. The monoisotopic (exact) mass is 397 g/mol. The van der Waals surface area contributed by atoms with Crippen LogP contribution in [-0.2, 0) is 14.3 Å². The predicted molar refractivity (Wildman–Crippen MR) is 97.9 cm³/mol. The van der Waals surface area contributed by atoms with Crippen LogP contribution in [0, 0.1) is 5.41 Å². The Hall–Kier alpha value is -1.95. The van der Waals surface area contributed by atoms with Gasteiger partial charge in [0.15, 0.2) is 34.5 Å². The normalized spacial score (nSPS) is 25.9. The minimum Gasteiger partial charge on any atom is -0.454 e. The van der Waals surface area contributed by atoms with Gasteiger partial charge in [-0.05, 0) is 27.0 Å². The molecule has 0 radical (unpaired) electrons. The van der Waals surface area contributed by atoms with E-state index in [1.165, 1.54) is 18.1 Å². The molecule has 148 valence electrons. The number of aromatic nitrogens is 4. The minimum atomic E-state index is -1.21. The van der Waals surface area contributed by atoms with Gasteiger partial charge < -0.3 is 25.4 Å². The molecule has 3 rings (SSSR count). The van der Waals surface area contributed by atoms with Crippen molar-refractivity contribution in [2.24, 2.45) is 5.41 Å². The van der Waals surface area contributed by atoms with Crippen LogP contribution in [0.2, 0.25) is 0 Å². The first-order valence-corrected chi connectivity index (χ1v) is 9.59. The topological polar surface area (TPSA) is 146 Å². The minimum absolute atomic E-state index is 0.203. The van der Waals surface area contributed by atoms with E-state index in [1.54, 1.807) is 25.3 Å². The van der Waals surface area contributed by atoms with Gasteiger partial charge in [-0.2, -0.15) is 0 Å². The molecule has 1 fully saturated rings. The van der Waals surface area contributed by atoms with Crippen molar-refractivity contribution in [1.29, 1.82) is 0 Å². The number of rotatable bonds is 4. The number of ether oxygens (including phenoxy) is 2. The van der Waals surface area contributed by atoms with Gasteiger partial charge in [0.05, 0.1) is 12.0 Å². The number of carbonyl (C=O) groups is 1. The van der Waals surface area contributed by atoms with Gasteiger partial charge in [0, 0.05) is 0 Å². The maximum absolute atomic E-state index is 12.4. The molecule has 0 amide bonds. The van der Waals surface area contributed by atoms with Crippen LogP contribution < -0.4 is 5.73 Å². The summed E-state index contributed by atoms with van der Waals surface area (Å²) in [5, 5.41) is 20.6. The van der Waals surface area contributed by atoms with Gasteiger partial charge in [-0.15, -0.1) is 0 Å². The van der Waals surface area contributed by atoms with Crippen molar-refractivity contribution in [3.63, 3.8) is 0 Å². The largest absolute Gasteiger partial charge is 0.454 e. The van der Waals surface area contributed by atoms with Crippen molar-refractivity contribution in [3.8, 4) is 0 Å². The van der Waals surface area contributed by atoms with E-state index in [1.807, 2.05) is 6.26 Å². The summed E-state index contributed by atoms with van der Waals surface area (Å²) in [4.78, 5) is 25.0. The number of nitrogen functional groups attached to an aromatic ring is 1. The van der Waals surface area contributed by atoms with Crippen molar-refractivity contribution in [1.82, 2.24) is 19.5 Å². The second kappa shape index (κ2) is 7.23. The SMILES string of the molecule is CSc1nc2c(N)ncnc2n1[C@@H]1O[C@H](CO)C(O)C1OC(=O)C(C)(C)C. The Bertz CT molecular complexity index is 852. The molecule has 0 saturated carbocycles. The maximum atomic E-state index is 12.4. The molecule has 3 heterocycles. The van der Waals surface area contributed by atoms with E-state index >= 15 is 0 Å². The lowest BCUT2D eigenvalue weighted by molar-refractivity contribution is -0.168. The summed E-state index contributed by atoms with van der Waals surface area (Å²) in [5.74, 6) is -0.294. The average molecular weight is 397 g/mol. The summed E-state index contributed by atoms with van der Waals surface area (Å²) in [6.07, 6.45) is -0.993. The number of esters is 1. The lowest BCUT2D eigenvalue weighted by atomic mass is 9.97. The van der Waals surface area contributed by atoms with Crippen LogP contribution in [-0.4, -0.2) is 66.9 Å². The first kappa shape index (κ1) is 19.8. The Kier molecular flexibility index (Phi) is 5.30. The molecule has 4 N–H and O–H groups in total. The summed E-state index contributed by atoms with van der Waals surface area (Å²) in [6.45, 7) is 4.71. The fraction of sp³-hybridized carbons (Fsp3) is 0.625. The summed E-state index contributed by atoms with van der Waals surface area (Å²) in [6, 6.07) is 0. The molecule has 0 bridgehead atoms. The lowest BCUT2D eigenvalue weighted by Crippen LogP contribution is -2.39. The standard InChI is InChI=1S/C16H23N5O5S/c1-16(2,3)14(24)26-10-9(23)7(5-22)25-13(10)21-12-8(20-15(21)27-4)11(17)18-6-19-12/h6-7,9-10,13,22-23H,5H2,1-4H3,(H2,17,18,19)/t7-,9?,10?,13-/m1/s1. The highest BCUT2D eigenvalue weighted by Crippen LogP contribution is 2.38. The highest BCUT2D eigenvalue weighted by Gasteiger charge is 2.49. The van der Waals surface area contributed by atoms with Crippen molar-refractivity contribution in [2.75, 3.05) is 18.6 Å². The van der Waals surface area contributed by atoms with Gasteiger partial charge >= 0.3 is 5.97 Å². The molecule has 4 atom stereocenters. The van der Waals surface area contributed by atoms with Crippen LogP contribution in [0.5, 0.6) is 0 Å². The Morgan fingerprint density at radius 2 is 2.15 bits per heavy atom. The third-order valence-corrected chi connectivity index (χ3v) is 4.91. The number of hydrogen-bond acceptors (Lipinski definition) is 10. The number of hydrogen-bond donors (Lipinski definition) is 3. The lowest BCUT2D eigenvalue weighted by Gasteiger charge is -2.26. The van der Waals surface area contributed by atoms with E-state index in [0.29, 0.717) is 16.3 Å². The zero-order chi connectivity index (χ0) is 19.9. The smallest absolute Gasteiger partial charge is 0.311 e. The first-order valence-electron chi connectivity index (χ1n) is 8.37. The average Bonchev–Trinajstić information content (AvgIpc) is 3.13. The van der Waals surface area contributed by atoms with E-state index in [-0.39, 0.29) is 5.82 Å². The quantitative estimate of drug-likeness (QED) is 0.487. The number of nitrogens with zero attached hydrogens (tertiary/aromatic N) is 4. The first-order chi connectivity index (χ1) is 12.7. The van der Waals surface area contributed by atoms with Crippen molar-refractivity contribution < 1.29 is 24.5 Å². The number of anilines is 1. The van der Waals surface area contributed by atoms with E-state index in [4.69, 9.17) is 15.2 Å². The zero-order valence-electron chi connectivity index (χ0n) is 15.5. The van der Waals surface area contributed by atoms with E-state index in [0.717, 1.165) is 0 Å². The number of thioether (sulfide) groups is 1. The van der Waals surface area contributed by atoms with Crippen LogP contribution >= 0.6 is 11.8 Å². The number of carbonyl (C=O) groups excluding carboxylic acids is 1. The number of aliphatic hydroxyl groups excluding tert-OH is 2. The molecule has 27 heavy (non-hydrogen) atoms. The summed E-state index contributed by atoms with van der Waals surface area (Å²) < 4.78 is 13.0. The highest BCUT2D eigenvalue weighted by atomic mass is 32.2. The molecule has 2 aromatic heterocycles. The maximum Gasteiger partial charge on any atom is 0.311 e. The molecule has 1 saturated heterocycles. The Morgan fingerprint density at radius 3 is 2.74 bits per heavy atom. The number of fused-ring (bicyclic) bond motifs is 1. The highest BCUT2D eigenvalue weighted by molar-refractivity contribution is 7.98. The molecule has 11 heteroatoms. The van der Waals surface area contributed by atoms with Gasteiger partial charge in [0.2, 0.25) is 0 Å². The molecule has 0 spiro atoms. The van der Waals surface area contributed by atoms with Gasteiger partial charge in [-0.1, -0.05) is 11.8 Å². The Balaban J connectivity index is 2.09. The fourth-order valence-corrected chi connectivity index (χ4v) is 3.35. The van der Waals surface area contributed by atoms with Gasteiger partial charge in [0.25, 0.3) is 0 Å². The molecule has 1 aliphatic heterocycles. The number of aliphatic hydroxyl groups is 2. The van der Waals surface area contributed by atoms with Crippen LogP contribution in [0.25, 0.3) is 11.2 Å². The van der Waals surface area contributed by atoms with E-state index in [2.05, 4.69) is 15.0 Å². The van der Waals surface area contributed by atoms with Gasteiger partial charge in [-0.3, -0.25) is 9.36 Å². The Labute approximate surface area is 160 Å². The second-order valence-electron chi connectivity index (χ2n) is 7.26. The molecule has 10 nitrogen and oxygen atoms in total. The van der Waals surface area contributed by atoms with Crippen LogP contribution in [0.3, 0.4) is 0 Å². The zero-order valence-corrected chi connectivity index (χ0v) is 16.3. The van der Waals surface area contributed by atoms with Crippen LogP contribution in [0.1, 0.15) is 27.0 Å². The molecule has 2 aromatic rings. The van der Waals surface area contributed by atoms with Gasteiger partial charge in [0.1, 0.15) is 18.5 Å². The third kappa shape index (κ3) is 3.47. The van der Waals surface area contributed by atoms with E-state index in [9.17, 15) is 15.0 Å². The molecule has 1 aliphatic rings. The van der Waals surface area contributed by atoms with Crippen LogP contribution in [0.4, 0.5) is 5.82 Å². The van der Waals surface area contributed by atoms with Crippen molar-refractivity contribution >= 4 is 34.7 Å². The van der Waals surface area contributed by atoms with Crippen molar-refractivity contribution in [2.45, 2.75) is 50.5 Å². The second-order valence-corrected chi connectivity index (χ2v) is 8.03. The van der Waals surface area contributed by atoms with E-state index < -0.39 is 42.5 Å².